The topological polar surface area (TPSA) is 108 Å². The van der Waals surface area contributed by atoms with E-state index in [1.807, 2.05) is 0 Å². The van der Waals surface area contributed by atoms with E-state index >= 15 is 0 Å². The van der Waals surface area contributed by atoms with E-state index < -0.39 is 10.0 Å². The highest BCUT2D eigenvalue weighted by Gasteiger charge is 2.31. The van der Waals surface area contributed by atoms with Crippen molar-refractivity contribution in [3.8, 4) is 0 Å². The fraction of sp³-hybridized carbons (Fsp3) is 0.579. The lowest BCUT2D eigenvalue weighted by Crippen LogP contribution is -2.55. The summed E-state index contributed by atoms with van der Waals surface area (Å²) in [6.45, 7) is 7.76. The van der Waals surface area contributed by atoms with E-state index in [0.29, 0.717) is 19.8 Å². The lowest BCUT2D eigenvalue weighted by molar-refractivity contribution is -0.122. The van der Waals surface area contributed by atoms with Crippen LogP contribution in [0.1, 0.15) is 24.2 Å². The average molecular weight is 425 g/mol. The van der Waals surface area contributed by atoms with Crippen molar-refractivity contribution in [2.24, 2.45) is 0 Å². The van der Waals surface area contributed by atoms with Crippen LogP contribution >= 0.6 is 0 Å². The second kappa shape index (κ2) is 8.78. The van der Waals surface area contributed by atoms with Crippen molar-refractivity contribution < 1.29 is 22.7 Å². The van der Waals surface area contributed by atoms with E-state index in [1.165, 1.54) is 12.1 Å². The number of sulfonamides is 1. The highest BCUT2D eigenvalue weighted by Crippen LogP contribution is 2.19. The maximum absolute atomic E-state index is 12.8. The van der Waals surface area contributed by atoms with E-state index in [2.05, 4.69) is 29.4 Å². The van der Waals surface area contributed by atoms with Crippen LogP contribution in [-0.4, -0.2) is 87.5 Å². The largest absolute Gasteiger partial charge is 0.379 e. The van der Waals surface area contributed by atoms with Crippen LogP contribution in [-0.2, 0) is 19.6 Å². The van der Waals surface area contributed by atoms with Crippen molar-refractivity contribution in [1.82, 2.24) is 19.8 Å². The van der Waals surface area contributed by atoms with Crippen molar-refractivity contribution in [3.63, 3.8) is 0 Å². The van der Waals surface area contributed by atoms with Gasteiger partial charge in [-0.3, -0.25) is 14.5 Å². The van der Waals surface area contributed by atoms with Gasteiger partial charge in [-0.1, -0.05) is 6.07 Å². The highest BCUT2D eigenvalue weighted by molar-refractivity contribution is 7.89. The zero-order valence-corrected chi connectivity index (χ0v) is 17.6. The number of nitrogens with zero attached hydrogens (tertiary/aromatic N) is 2. The maximum atomic E-state index is 12.8. The second-order valence-corrected chi connectivity index (χ2v) is 9.75. The summed E-state index contributed by atoms with van der Waals surface area (Å²) < 4.78 is 32.2. The number of rotatable bonds is 6. The third kappa shape index (κ3) is 5.13. The SMILES string of the molecule is CC(C)(CNC(=O)c1cccc(S(=O)(=O)N2CCNC(=O)C2)c1)N1CCOCC1. The van der Waals surface area contributed by atoms with Gasteiger partial charge in [-0.2, -0.15) is 4.31 Å². The van der Waals surface area contributed by atoms with E-state index in [4.69, 9.17) is 4.74 Å². The molecule has 2 heterocycles. The van der Waals surface area contributed by atoms with Crippen molar-refractivity contribution >= 4 is 21.8 Å². The molecular formula is C19H28N4O5S. The van der Waals surface area contributed by atoms with E-state index in [9.17, 15) is 18.0 Å². The molecule has 10 heteroatoms. The number of morpholine rings is 1. The Bertz CT molecular complexity index is 865. The first-order valence-electron chi connectivity index (χ1n) is 9.68. The van der Waals surface area contributed by atoms with E-state index in [-0.39, 0.29) is 47.4 Å². The molecule has 160 valence electrons. The van der Waals surface area contributed by atoms with E-state index in [1.54, 1.807) is 12.1 Å². The number of piperazine rings is 1. The van der Waals surface area contributed by atoms with Gasteiger partial charge in [0.15, 0.2) is 0 Å². The molecule has 3 rings (SSSR count). The molecule has 0 radical (unpaired) electrons. The molecule has 1 aromatic rings. The van der Waals surface area contributed by atoms with Gasteiger partial charge in [-0.15, -0.1) is 0 Å². The molecule has 29 heavy (non-hydrogen) atoms. The van der Waals surface area contributed by atoms with Crippen LogP contribution in [0.5, 0.6) is 0 Å². The number of benzene rings is 1. The van der Waals surface area contributed by atoms with Gasteiger partial charge in [0.1, 0.15) is 0 Å². The third-order valence-corrected chi connectivity index (χ3v) is 7.13. The van der Waals surface area contributed by atoms with Gasteiger partial charge in [0.25, 0.3) is 5.91 Å². The molecule has 0 bridgehead atoms. The molecule has 0 spiro atoms. The molecule has 0 atom stereocenters. The Morgan fingerprint density at radius 1 is 1.24 bits per heavy atom. The minimum absolute atomic E-state index is 0.00675. The third-order valence-electron chi connectivity index (χ3n) is 5.29. The van der Waals surface area contributed by atoms with Crippen molar-refractivity contribution in [1.29, 1.82) is 0 Å². The Morgan fingerprint density at radius 2 is 1.97 bits per heavy atom. The molecule has 1 aromatic carbocycles. The van der Waals surface area contributed by atoms with Gasteiger partial charge >= 0.3 is 0 Å². The second-order valence-electron chi connectivity index (χ2n) is 7.81. The minimum atomic E-state index is -3.84. The summed E-state index contributed by atoms with van der Waals surface area (Å²) in [5, 5.41) is 5.51. The molecule has 0 aromatic heterocycles. The van der Waals surface area contributed by atoms with Gasteiger partial charge in [-0.05, 0) is 32.0 Å². The molecule has 2 fully saturated rings. The first kappa shape index (κ1) is 21.7. The number of carbonyl (C=O) groups is 2. The van der Waals surface area contributed by atoms with Gasteiger partial charge in [0.05, 0.1) is 24.7 Å². The smallest absolute Gasteiger partial charge is 0.251 e. The Balaban J connectivity index is 1.68. The van der Waals surface area contributed by atoms with Crippen LogP contribution < -0.4 is 10.6 Å². The van der Waals surface area contributed by atoms with Crippen molar-refractivity contribution in [2.45, 2.75) is 24.3 Å². The Morgan fingerprint density at radius 3 is 2.66 bits per heavy atom. The number of amides is 2. The summed E-state index contributed by atoms with van der Waals surface area (Å²) in [5.41, 5.74) is 0.0231. The van der Waals surface area contributed by atoms with Crippen molar-refractivity contribution in [2.75, 3.05) is 52.5 Å². The Hall–Kier alpha value is -2.01. The first-order valence-corrected chi connectivity index (χ1v) is 11.1. The molecular weight excluding hydrogens is 396 g/mol. The molecule has 0 unspecified atom stereocenters. The molecule has 2 saturated heterocycles. The summed E-state index contributed by atoms with van der Waals surface area (Å²) in [6, 6.07) is 5.92. The predicted molar refractivity (Wildman–Crippen MR) is 107 cm³/mol. The molecule has 2 amide bonds. The van der Waals surface area contributed by atoms with Gasteiger partial charge in [0, 0.05) is 43.8 Å². The number of hydrogen-bond acceptors (Lipinski definition) is 6. The first-order chi connectivity index (χ1) is 13.7. The van der Waals surface area contributed by atoms with Crippen LogP contribution in [0.15, 0.2) is 29.2 Å². The van der Waals surface area contributed by atoms with Crippen LogP contribution in [0.2, 0.25) is 0 Å². The lowest BCUT2D eigenvalue weighted by Gasteiger charge is -2.40. The summed E-state index contributed by atoms with van der Waals surface area (Å²) in [4.78, 5) is 26.5. The molecule has 0 saturated carbocycles. The fourth-order valence-electron chi connectivity index (χ4n) is 3.45. The van der Waals surface area contributed by atoms with Crippen LogP contribution in [0.25, 0.3) is 0 Å². The number of nitrogens with one attached hydrogen (secondary N) is 2. The summed E-state index contributed by atoms with van der Waals surface area (Å²) in [7, 11) is -3.84. The van der Waals surface area contributed by atoms with Crippen LogP contribution in [0.4, 0.5) is 0 Å². The summed E-state index contributed by atoms with van der Waals surface area (Å²) >= 11 is 0. The van der Waals surface area contributed by atoms with Crippen molar-refractivity contribution in [3.05, 3.63) is 29.8 Å². The molecule has 9 nitrogen and oxygen atoms in total. The Labute approximate surface area is 171 Å². The standard InChI is InChI=1S/C19H28N4O5S/c1-19(2,22-8-10-28-11-9-22)14-21-18(25)15-4-3-5-16(12-15)29(26,27)23-7-6-20-17(24)13-23/h3-5,12H,6-11,13-14H2,1-2H3,(H,20,24)(H,21,25). The minimum Gasteiger partial charge on any atom is -0.379 e. The van der Waals surface area contributed by atoms with Gasteiger partial charge in [-0.25, -0.2) is 8.42 Å². The molecule has 2 N–H and O–H groups in total. The fourth-order valence-corrected chi connectivity index (χ4v) is 4.89. The zero-order chi connectivity index (χ0) is 21.1. The summed E-state index contributed by atoms with van der Waals surface area (Å²) in [6.07, 6.45) is 0. The molecule has 2 aliphatic heterocycles. The highest BCUT2D eigenvalue weighted by atomic mass is 32.2. The van der Waals surface area contributed by atoms with Crippen LogP contribution in [0.3, 0.4) is 0 Å². The zero-order valence-electron chi connectivity index (χ0n) is 16.8. The average Bonchev–Trinajstić information content (AvgIpc) is 2.73. The Kier molecular flexibility index (Phi) is 6.57. The van der Waals surface area contributed by atoms with Gasteiger partial charge in [0.2, 0.25) is 15.9 Å². The predicted octanol–water partition coefficient (Wildman–Crippen LogP) is -0.352. The quantitative estimate of drug-likeness (QED) is 0.646. The lowest BCUT2D eigenvalue weighted by atomic mass is 10.0. The number of carbonyl (C=O) groups excluding carboxylic acids is 2. The van der Waals surface area contributed by atoms with Crippen LogP contribution in [0, 0.1) is 0 Å². The molecule has 2 aliphatic rings. The number of ether oxygens (including phenoxy) is 1. The van der Waals surface area contributed by atoms with Gasteiger partial charge < -0.3 is 15.4 Å². The normalized spacial score (nSPS) is 19.6. The molecule has 0 aliphatic carbocycles. The monoisotopic (exact) mass is 424 g/mol. The number of hydrogen-bond donors (Lipinski definition) is 2. The summed E-state index contributed by atoms with van der Waals surface area (Å²) in [5.74, 6) is -0.668. The van der Waals surface area contributed by atoms with E-state index in [0.717, 1.165) is 17.4 Å². The maximum Gasteiger partial charge on any atom is 0.251 e.